The summed E-state index contributed by atoms with van der Waals surface area (Å²) in [7, 11) is 1.89. The molecule has 4 nitrogen and oxygen atoms in total. The molecule has 0 heterocycles. The predicted octanol–water partition coefficient (Wildman–Crippen LogP) is 2.24. The number of amides is 1. The number of rotatable bonds is 4. The lowest BCUT2D eigenvalue weighted by molar-refractivity contribution is 0.102. The Morgan fingerprint density at radius 1 is 1.16 bits per heavy atom. The van der Waals surface area contributed by atoms with Gasteiger partial charge in [0.2, 0.25) is 0 Å². The first kappa shape index (κ1) is 13.1. The number of benzene rings is 2. The fourth-order valence-corrected chi connectivity index (χ4v) is 1.80. The monoisotopic (exact) mass is 255 g/mol. The first-order chi connectivity index (χ1) is 9.19. The van der Waals surface area contributed by atoms with E-state index in [1.54, 1.807) is 18.2 Å². The predicted molar refractivity (Wildman–Crippen MR) is 78.0 cm³/mol. The van der Waals surface area contributed by atoms with Gasteiger partial charge in [-0.3, -0.25) is 4.79 Å². The molecule has 98 valence electrons. The van der Waals surface area contributed by atoms with Crippen LogP contribution in [0.5, 0.6) is 0 Å². The zero-order chi connectivity index (χ0) is 13.7. The molecule has 0 spiro atoms. The second kappa shape index (κ2) is 6.02. The van der Waals surface area contributed by atoms with Crippen molar-refractivity contribution in [3.8, 4) is 0 Å². The van der Waals surface area contributed by atoms with Crippen molar-refractivity contribution in [3.63, 3.8) is 0 Å². The number of carbonyl (C=O) groups is 1. The van der Waals surface area contributed by atoms with E-state index in [0.29, 0.717) is 16.9 Å². The molecule has 4 N–H and O–H groups in total. The van der Waals surface area contributed by atoms with E-state index >= 15 is 0 Å². The van der Waals surface area contributed by atoms with Crippen molar-refractivity contribution < 1.29 is 4.79 Å². The first-order valence-electron chi connectivity index (χ1n) is 6.09. The molecule has 1 amide bonds. The number of nitrogen functional groups attached to an aromatic ring is 1. The Labute approximate surface area is 112 Å². The molecule has 0 atom stereocenters. The summed E-state index contributed by atoms with van der Waals surface area (Å²) in [5.74, 6) is -0.137. The molecule has 0 unspecified atom stereocenters. The molecule has 0 aliphatic rings. The van der Waals surface area contributed by atoms with Gasteiger partial charge in [-0.2, -0.15) is 0 Å². The van der Waals surface area contributed by atoms with Crippen LogP contribution in [0.4, 0.5) is 11.4 Å². The van der Waals surface area contributed by atoms with Gasteiger partial charge in [-0.05, 0) is 42.9 Å². The highest BCUT2D eigenvalue weighted by atomic mass is 16.1. The molecule has 0 aromatic heterocycles. The molecule has 0 fully saturated rings. The van der Waals surface area contributed by atoms with Crippen molar-refractivity contribution in [2.75, 3.05) is 18.1 Å². The molecule has 0 aliphatic carbocycles. The molecular weight excluding hydrogens is 238 g/mol. The summed E-state index contributed by atoms with van der Waals surface area (Å²) in [6.45, 7) is 0.789. The molecule has 0 bridgehead atoms. The standard InChI is InChI=1S/C15H17N3O/c1-17-10-11-5-7-12(8-6-11)15(19)18-14-4-2-3-13(16)9-14/h2-9,17H,10,16H2,1H3,(H,18,19). The summed E-state index contributed by atoms with van der Waals surface area (Å²) in [4.78, 5) is 12.0. The minimum absolute atomic E-state index is 0.137. The molecule has 19 heavy (non-hydrogen) atoms. The lowest BCUT2D eigenvalue weighted by Gasteiger charge is -2.07. The number of anilines is 2. The van der Waals surface area contributed by atoms with Crippen LogP contribution in [0.25, 0.3) is 0 Å². The van der Waals surface area contributed by atoms with Gasteiger partial charge in [-0.25, -0.2) is 0 Å². The summed E-state index contributed by atoms with van der Waals surface area (Å²) >= 11 is 0. The fourth-order valence-electron chi connectivity index (χ4n) is 1.80. The van der Waals surface area contributed by atoms with Crippen LogP contribution in [-0.2, 0) is 6.54 Å². The molecule has 0 saturated heterocycles. The van der Waals surface area contributed by atoms with Crippen LogP contribution >= 0.6 is 0 Å². The van der Waals surface area contributed by atoms with Crippen LogP contribution in [0.2, 0.25) is 0 Å². The maximum atomic E-state index is 12.0. The van der Waals surface area contributed by atoms with Crippen LogP contribution in [0.3, 0.4) is 0 Å². The van der Waals surface area contributed by atoms with Crippen LogP contribution in [0.1, 0.15) is 15.9 Å². The molecule has 0 saturated carbocycles. The third kappa shape index (κ3) is 3.56. The van der Waals surface area contributed by atoms with Gasteiger partial charge in [0.25, 0.3) is 5.91 Å². The summed E-state index contributed by atoms with van der Waals surface area (Å²) < 4.78 is 0. The minimum Gasteiger partial charge on any atom is -0.399 e. The second-order valence-electron chi connectivity index (χ2n) is 4.31. The van der Waals surface area contributed by atoms with Gasteiger partial charge in [0.05, 0.1) is 0 Å². The number of carbonyl (C=O) groups excluding carboxylic acids is 1. The quantitative estimate of drug-likeness (QED) is 0.734. The van der Waals surface area contributed by atoms with E-state index in [2.05, 4.69) is 10.6 Å². The summed E-state index contributed by atoms with van der Waals surface area (Å²) in [6.07, 6.45) is 0. The van der Waals surface area contributed by atoms with E-state index in [1.165, 1.54) is 0 Å². The van der Waals surface area contributed by atoms with Crippen LogP contribution < -0.4 is 16.4 Å². The van der Waals surface area contributed by atoms with Gasteiger partial charge in [-0.1, -0.05) is 18.2 Å². The third-order valence-electron chi connectivity index (χ3n) is 2.74. The van der Waals surface area contributed by atoms with Crippen molar-refractivity contribution in [2.24, 2.45) is 0 Å². The molecule has 0 aliphatic heterocycles. The van der Waals surface area contributed by atoms with Crippen LogP contribution in [-0.4, -0.2) is 13.0 Å². The van der Waals surface area contributed by atoms with Crippen molar-refractivity contribution in [2.45, 2.75) is 6.54 Å². The van der Waals surface area contributed by atoms with Crippen molar-refractivity contribution in [3.05, 3.63) is 59.7 Å². The van der Waals surface area contributed by atoms with Gasteiger partial charge in [0.1, 0.15) is 0 Å². The average Bonchev–Trinajstić information content (AvgIpc) is 2.40. The Bertz CT molecular complexity index is 564. The largest absolute Gasteiger partial charge is 0.399 e. The number of nitrogens with one attached hydrogen (secondary N) is 2. The molecule has 2 aromatic carbocycles. The summed E-state index contributed by atoms with van der Waals surface area (Å²) in [6, 6.07) is 14.6. The SMILES string of the molecule is CNCc1ccc(C(=O)Nc2cccc(N)c2)cc1. The van der Waals surface area contributed by atoms with Gasteiger partial charge in [0, 0.05) is 23.5 Å². The van der Waals surface area contributed by atoms with E-state index in [-0.39, 0.29) is 5.91 Å². The van der Waals surface area contributed by atoms with Crippen LogP contribution in [0, 0.1) is 0 Å². The lowest BCUT2D eigenvalue weighted by atomic mass is 10.1. The lowest BCUT2D eigenvalue weighted by Crippen LogP contribution is -2.12. The molecule has 2 aromatic rings. The van der Waals surface area contributed by atoms with E-state index in [0.717, 1.165) is 12.1 Å². The van der Waals surface area contributed by atoms with Crippen molar-refractivity contribution >= 4 is 17.3 Å². The zero-order valence-electron chi connectivity index (χ0n) is 10.8. The fraction of sp³-hybridized carbons (Fsp3) is 0.133. The second-order valence-corrected chi connectivity index (χ2v) is 4.31. The maximum absolute atomic E-state index is 12.0. The highest BCUT2D eigenvalue weighted by molar-refractivity contribution is 6.04. The van der Waals surface area contributed by atoms with Gasteiger partial charge in [0.15, 0.2) is 0 Å². The Balaban J connectivity index is 2.07. The summed E-state index contributed by atoms with van der Waals surface area (Å²) in [5, 5.41) is 5.88. The highest BCUT2D eigenvalue weighted by Gasteiger charge is 2.05. The van der Waals surface area contributed by atoms with E-state index in [9.17, 15) is 4.79 Å². The Morgan fingerprint density at radius 3 is 2.53 bits per heavy atom. The average molecular weight is 255 g/mol. The Kier molecular flexibility index (Phi) is 4.15. The topological polar surface area (TPSA) is 67.2 Å². The minimum atomic E-state index is -0.137. The maximum Gasteiger partial charge on any atom is 0.255 e. The van der Waals surface area contributed by atoms with Crippen molar-refractivity contribution in [1.82, 2.24) is 5.32 Å². The van der Waals surface area contributed by atoms with Gasteiger partial charge >= 0.3 is 0 Å². The highest BCUT2D eigenvalue weighted by Crippen LogP contribution is 2.13. The van der Waals surface area contributed by atoms with Crippen molar-refractivity contribution in [1.29, 1.82) is 0 Å². The van der Waals surface area contributed by atoms with Gasteiger partial charge in [-0.15, -0.1) is 0 Å². The number of nitrogens with two attached hydrogens (primary N) is 1. The van der Waals surface area contributed by atoms with E-state index in [4.69, 9.17) is 5.73 Å². The number of hydrogen-bond donors (Lipinski definition) is 3. The molecule has 0 radical (unpaired) electrons. The van der Waals surface area contributed by atoms with E-state index in [1.807, 2.05) is 37.4 Å². The Hall–Kier alpha value is -2.33. The van der Waals surface area contributed by atoms with Crippen LogP contribution in [0.15, 0.2) is 48.5 Å². The Morgan fingerprint density at radius 2 is 1.89 bits per heavy atom. The smallest absolute Gasteiger partial charge is 0.255 e. The number of hydrogen-bond acceptors (Lipinski definition) is 3. The van der Waals surface area contributed by atoms with Gasteiger partial charge < -0.3 is 16.4 Å². The third-order valence-corrected chi connectivity index (χ3v) is 2.74. The molecule has 2 rings (SSSR count). The normalized spacial score (nSPS) is 10.2. The van der Waals surface area contributed by atoms with E-state index < -0.39 is 0 Å². The molecule has 4 heteroatoms. The zero-order valence-corrected chi connectivity index (χ0v) is 10.8. The molecular formula is C15H17N3O. The first-order valence-corrected chi connectivity index (χ1v) is 6.09. The summed E-state index contributed by atoms with van der Waals surface area (Å²) in [5.41, 5.74) is 8.76.